The number of rotatable bonds is 14. The second-order valence-electron chi connectivity index (χ2n) is 9.97. The van der Waals surface area contributed by atoms with Crippen molar-refractivity contribution in [2.75, 3.05) is 60.3 Å². The number of hydrogen-bond acceptors (Lipinski definition) is 8. The number of benzene rings is 3. The third kappa shape index (κ3) is 7.38. The Bertz CT molecular complexity index is 1160. The molecule has 0 spiro atoms. The summed E-state index contributed by atoms with van der Waals surface area (Å²) in [4.78, 5) is 14.7. The molecule has 4 rings (SSSR count). The van der Waals surface area contributed by atoms with Gasteiger partial charge < -0.3 is 33.7 Å². The van der Waals surface area contributed by atoms with Gasteiger partial charge in [0.2, 0.25) is 0 Å². The summed E-state index contributed by atoms with van der Waals surface area (Å²) in [6.45, 7) is 5.08. The summed E-state index contributed by atoms with van der Waals surface area (Å²) in [5, 5.41) is 9.18. The third-order valence-corrected chi connectivity index (χ3v) is 7.47. The summed E-state index contributed by atoms with van der Waals surface area (Å²) in [5.41, 5.74) is 1.85. The number of hydrogen-bond donors (Lipinski definition) is 1. The molecule has 1 saturated heterocycles. The van der Waals surface area contributed by atoms with Crippen LogP contribution in [-0.2, 0) is 19.9 Å². The van der Waals surface area contributed by atoms with Gasteiger partial charge in [-0.15, -0.1) is 0 Å². The summed E-state index contributed by atoms with van der Waals surface area (Å²) in [6, 6.07) is 23.6. The van der Waals surface area contributed by atoms with Crippen molar-refractivity contribution in [3.63, 3.8) is 0 Å². The number of ether oxygens (including phenoxy) is 5. The Hall–Kier alpha value is -3.59. The first kappa shape index (κ1) is 30.4. The summed E-state index contributed by atoms with van der Waals surface area (Å²) in [7, 11) is 3.30. The van der Waals surface area contributed by atoms with E-state index in [1.165, 1.54) is 0 Å². The van der Waals surface area contributed by atoms with Crippen molar-refractivity contribution in [2.24, 2.45) is 5.92 Å². The van der Waals surface area contributed by atoms with Crippen molar-refractivity contribution < 1.29 is 33.6 Å². The van der Waals surface area contributed by atoms with Gasteiger partial charge >= 0.3 is 5.97 Å². The predicted octanol–water partition coefficient (Wildman–Crippen LogP) is 4.66. The standard InChI is InChI=1S/C33H41NO7/c1-4-39-32(36)25-6-5-19-34(24-25)20-22-41-33(26-7-13-29(37-2)14-8-26,27-9-15-30(38-3)16-10-27)28-11-17-31(18-12-28)40-23-21-35/h7-18,25,35H,4-6,19-24H2,1-3H3. The summed E-state index contributed by atoms with van der Waals surface area (Å²) in [5.74, 6) is 1.95. The fourth-order valence-electron chi connectivity index (χ4n) is 5.39. The second kappa shape index (κ2) is 14.9. The largest absolute Gasteiger partial charge is 0.497 e. The molecule has 1 heterocycles. The maximum Gasteiger partial charge on any atom is 0.310 e. The Morgan fingerprint density at radius 2 is 1.39 bits per heavy atom. The molecule has 8 heteroatoms. The van der Waals surface area contributed by atoms with Crippen LogP contribution in [0.4, 0.5) is 0 Å². The van der Waals surface area contributed by atoms with Gasteiger partial charge in [-0.1, -0.05) is 36.4 Å². The summed E-state index contributed by atoms with van der Waals surface area (Å²) < 4.78 is 28.8. The van der Waals surface area contributed by atoms with Gasteiger partial charge in [0.25, 0.3) is 0 Å². The van der Waals surface area contributed by atoms with Gasteiger partial charge in [0.15, 0.2) is 0 Å². The molecule has 3 aromatic carbocycles. The molecule has 0 amide bonds. The fourth-order valence-corrected chi connectivity index (χ4v) is 5.39. The van der Waals surface area contributed by atoms with Crippen LogP contribution in [0.3, 0.4) is 0 Å². The van der Waals surface area contributed by atoms with E-state index in [4.69, 9.17) is 23.7 Å². The van der Waals surface area contributed by atoms with E-state index in [0.717, 1.165) is 47.6 Å². The lowest BCUT2D eigenvalue weighted by atomic mass is 9.80. The zero-order valence-corrected chi connectivity index (χ0v) is 24.2. The quantitative estimate of drug-likeness (QED) is 0.224. The lowest BCUT2D eigenvalue weighted by Gasteiger charge is -2.38. The molecular formula is C33H41NO7. The van der Waals surface area contributed by atoms with E-state index in [1.54, 1.807) is 14.2 Å². The molecule has 41 heavy (non-hydrogen) atoms. The SMILES string of the molecule is CCOC(=O)C1CCCN(CCOC(c2ccc(OC)cc2)(c2ccc(OC)cc2)c2ccc(OCCO)cc2)C1. The highest BCUT2D eigenvalue weighted by molar-refractivity contribution is 5.72. The zero-order chi connectivity index (χ0) is 29.1. The number of nitrogens with zero attached hydrogens (tertiary/aromatic N) is 1. The average molecular weight is 564 g/mol. The molecule has 1 aliphatic heterocycles. The van der Waals surface area contributed by atoms with Gasteiger partial charge in [-0.05, 0) is 79.4 Å². The van der Waals surface area contributed by atoms with Gasteiger partial charge in [0.05, 0.1) is 40.0 Å². The molecule has 1 unspecified atom stereocenters. The Kier molecular flexibility index (Phi) is 11.0. The van der Waals surface area contributed by atoms with E-state index in [2.05, 4.69) is 4.90 Å². The first-order valence-electron chi connectivity index (χ1n) is 14.2. The Labute approximate surface area is 242 Å². The number of aliphatic hydroxyl groups is 1. The van der Waals surface area contributed by atoms with Crippen molar-refractivity contribution in [3.05, 3.63) is 89.5 Å². The van der Waals surface area contributed by atoms with Gasteiger partial charge in [-0.3, -0.25) is 4.79 Å². The van der Waals surface area contributed by atoms with E-state index < -0.39 is 5.60 Å². The third-order valence-electron chi connectivity index (χ3n) is 7.47. The lowest BCUT2D eigenvalue weighted by molar-refractivity contribution is -0.150. The van der Waals surface area contributed by atoms with Crippen LogP contribution in [0.1, 0.15) is 36.5 Å². The number of carbonyl (C=O) groups excluding carboxylic acids is 1. The van der Waals surface area contributed by atoms with Crippen LogP contribution in [0.5, 0.6) is 17.2 Å². The van der Waals surface area contributed by atoms with Crippen LogP contribution in [0, 0.1) is 5.92 Å². The van der Waals surface area contributed by atoms with Gasteiger partial charge in [-0.25, -0.2) is 0 Å². The van der Waals surface area contributed by atoms with Gasteiger partial charge in [0.1, 0.15) is 29.5 Å². The number of methoxy groups -OCH3 is 2. The number of aliphatic hydroxyl groups excluding tert-OH is 1. The van der Waals surface area contributed by atoms with Crippen LogP contribution in [0.2, 0.25) is 0 Å². The van der Waals surface area contributed by atoms with Gasteiger partial charge in [0, 0.05) is 13.1 Å². The van der Waals surface area contributed by atoms with Crippen molar-refractivity contribution in [2.45, 2.75) is 25.4 Å². The number of carbonyl (C=O) groups is 1. The Morgan fingerprint density at radius 3 is 1.88 bits per heavy atom. The molecule has 0 bridgehead atoms. The minimum absolute atomic E-state index is 0.0555. The maximum absolute atomic E-state index is 12.4. The minimum atomic E-state index is -0.954. The smallest absolute Gasteiger partial charge is 0.310 e. The van der Waals surface area contributed by atoms with E-state index in [0.29, 0.717) is 32.1 Å². The number of esters is 1. The van der Waals surface area contributed by atoms with Crippen LogP contribution in [0.25, 0.3) is 0 Å². The van der Waals surface area contributed by atoms with E-state index in [-0.39, 0.29) is 25.1 Å². The highest BCUT2D eigenvalue weighted by atomic mass is 16.5. The molecule has 1 N–H and O–H groups in total. The van der Waals surface area contributed by atoms with Crippen molar-refractivity contribution in [3.8, 4) is 17.2 Å². The molecule has 1 atom stereocenters. The molecule has 8 nitrogen and oxygen atoms in total. The fraction of sp³-hybridized carbons (Fsp3) is 0.424. The molecule has 0 saturated carbocycles. The van der Waals surface area contributed by atoms with Crippen LogP contribution < -0.4 is 14.2 Å². The first-order valence-corrected chi connectivity index (χ1v) is 14.2. The second-order valence-corrected chi connectivity index (χ2v) is 9.97. The predicted molar refractivity (Wildman–Crippen MR) is 157 cm³/mol. The van der Waals surface area contributed by atoms with Crippen LogP contribution in [0.15, 0.2) is 72.8 Å². The minimum Gasteiger partial charge on any atom is -0.497 e. The van der Waals surface area contributed by atoms with Crippen molar-refractivity contribution in [1.82, 2.24) is 4.90 Å². The van der Waals surface area contributed by atoms with Gasteiger partial charge in [-0.2, -0.15) is 0 Å². The Morgan fingerprint density at radius 1 is 0.854 bits per heavy atom. The molecule has 220 valence electrons. The maximum atomic E-state index is 12.4. The highest BCUT2D eigenvalue weighted by Gasteiger charge is 2.38. The zero-order valence-electron chi connectivity index (χ0n) is 24.2. The average Bonchev–Trinajstić information content (AvgIpc) is 3.03. The molecule has 0 aromatic heterocycles. The number of piperidine rings is 1. The van der Waals surface area contributed by atoms with Crippen molar-refractivity contribution >= 4 is 5.97 Å². The monoisotopic (exact) mass is 563 g/mol. The molecule has 3 aromatic rings. The molecule has 1 fully saturated rings. The highest BCUT2D eigenvalue weighted by Crippen LogP contribution is 2.42. The van der Waals surface area contributed by atoms with Crippen LogP contribution in [-0.4, -0.2) is 76.3 Å². The summed E-state index contributed by atoms with van der Waals surface area (Å²) in [6.07, 6.45) is 1.80. The number of likely N-dealkylation sites (tertiary alicyclic amines) is 1. The normalized spacial score (nSPS) is 15.8. The van der Waals surface area contributed by atoms with E-state index in [1.807, 2.05) is 79.7 Å². The van der Waals surface area contributed by atoms with E-state index >= 15 is 0 Å². The topological polar surface area (TPSA) is 86.7 Å². The lowest BCUT2D eigenvalue weighted by Crippen LogP contribution is -2.42. The van der Waals surface area contributed by atoms with Crippen LogP contribution >= 0.6 is 0 Å². The van der Waals surface area contributed by atoms with Crippen molar-refractivity contribution in [1.29, 1.82) is 0 Å². The summed E-state index contributed by atoms with van der Waals surface area (Å²) >= 11 is 0. The molecular weight excluding hydrogens is 522 g/mol. The molecule has 0 radical (unpaired) electrons. The molecule has 0 aliphatic carbocycles. The molecule has 1 aliphatic rings. The Balaban J connectivity index is 1.69. The van der Waals surface area contributed by atoms with E-state index in [9.17, 15) is 9.90 Å². The first-order chi connectivity index (χ1) is 20.0.